The first kappa shape index (κ1) is 65.5. The Bertz CT molecular complexity index is 1810. The smallest absolute Gasteiger partial charge is 0.462 e. The topological polar surface area (TPSA) is 306 Å². The van der Waals surface area contributed by atoms with Gasteiger partial charge in [-0.05, 0) is 50.5 Å². The van der Waals surface area contributed by atoms with E-state index in [2.05, 4.69) is 30.1 Å². The summed E-state index contributed by atoms with van der Waals surface area (Å²) >= 11 is 0. The third-order valence-corrected chi connectivity index (χ3v) is 15.1. The molecule has 0 aromatic carbocycles. The molecule has 1 aliphatic rings. The van der Waals surface area contributed by atoms with Crippen LogP contribution in [-0.4, -0.2) is 108 Å². The van der Waals surface area contributed by atoms with Gasteiger partial charge in [0.05, 0.1) is 25.4 Å². The van der Waals surface area contributed by atoms with E-state index >= 15 is 0 Å². The van der Waals surface area contributed by atoms with Gasteiger partial charge in [-0.2, -0.15) is 9.29 Å². The molecule has 20 nitrogen and oxygen atoms in total. The molecule has 0 radical (unpaired) electrons. The molecule has 0 amide bonds. The number of carbonyl (C=O) groups excluding carboxylic acids is 2. The van der Waals surface area contributed by atoms with Crippen LogP contribution in [0.5, 0.6) is 0 Å². The average Bonchev–Trinajstić information content (AvgIpc) is 3.60. The van der Waals surface area contributed by atoms with Gasteiger partial charge in [0, 0.05) is 19.0 Å². The number of nitrogens with two attached hydrogens (primary N) is 1. The predicted molar refractivity (Wildman–Crippen MR) is 273 cm³/mol. The number of nitrogen functional groups attached to an aromatic ring is 1. The minimum absolute atomic E-state index is 0.0230. The van der Waals surface area contributed by atoms with E-state index in [1.807, 2.05) is 12.2 Å². The predicted octanol–water partition coefficient (Wildman–Crippen LogP) is 9.03. The maximum absolute atomic E-state index is 12.9. The summed E-state index contributed by atoms with van der Waals surface area (Å²) in [6, 6.07) is 1.24. The summed E-state index contributed by atoms with van der Waals surface area (Å²) in [6.07, 6.45) is 21.6. The fourth-order valence-corrected chi connectivity index (χ4v) is 10.3. The van der Waals surface area contributed by atoms with Crippen molar-refractivity contribution >= 4 is 33.4 Å². The molecule has 0 aliphatic carbocycles. The first-order valence-corrected chi connectivity index (χ1v) is 29.7. The lowest BCUT2D eigenvalue weighted by Gasteiger charge is -2.21. The van der Waals surface area contributed by atoms with Crippen molar-refractivity contribution < 1.29 is 76.5 Å². The number of ether oxygens (including phenoxy) is 3. The highest BCUT2D eigenvalue weighted by Gasteiger charge is 2.46. The fourth-order valence-electron chi connectivity index (χ4n) is 8.17. The molecule has 2 unspecified atom stereocenters. The van der Waals surface area contributed by atoms with Crippen molar-refractivity contribution in [1.82, 2.24) is 9.55 Å². The van der Waals surface area contributed by atoms with Gasteiger partial charge in [0.25, 0.3) is 0 Å². The van der Waals surface area contributed by atoms with Gasteiger partial charge in [0.2, 0.25) is 0 Å². The minimum atomic E-state index is -5.45. The molecule has 22 heteroatoms. The second-order valence-electron chi connectivity index (χ2n) is 19.5. The molecular formula is C50H91N3O17P2. The number of hydrogen-bond donors (Lipinski definition) is 7. The fraction of sp³-hybridized carbons (Fsp3) is 0.840. The summed E-state index contributed by atoms with van der Waals surface area (Å²) < 4.78 is 56.8. The Morgan fingerprint density at radius 2 is 1.28 bits per heavy atom. The number of rotatable bonds is 44. The molecule has 1 saturated heterocycles. The van der Waals surface area contributed by atoms with Crippen LogP contribution in [0.1, 0.15) is 207 Å². The molecule has 0 saturated carbocycles. The Labute approximate surface area is 428 Å². The van der Waals surface area contributed by atoms with E-state index in [-0.39, 0.29) is 18.7 Å². The zero-order valence-corrected chi connectivity index (χ0v) is 45.2. The Kier molecular flexibility index (Phi) is 34.6. The number of aliphatic hydroxyl groups excluding tert-OH is 4. The molecule has 9 atom stereocenters. The number of aliphatic hydroxyl groups is 4. The number of esters is 2. The number of allylic oxidation sites excluding steroid dienone is 1. The molecular weight excluding hydrogens is 977 g/mol. The summed E-state index contributed by atoms with van der Waals surface area (Å²) in [5.74, 6) is -0.621. The molecule has 0 spiro atoms. The van der Waals surface area contributed by atoms with E-state index in [1.54, 1.807) is 0 Å². The Balaban J connectivity index is 1.81. The molecule has 1 aromatic rings. The molecule has 418 valence electrons. The highest BCUT2D eigenvalue weighted by molar-refractivity contribution is 7.61. The van der Waals surface area contributed by atoms with Gasteiger partial charge >= 0.3 is 33.3 Å². The van der Waals surface area contributed by atoms with Crippen LogP contribution >= 0.6 is 15.6 Å². The number of hydrogen-bond acceptors (Lipinski definition) is 17. The normalized spacial score (nSPS) is 20.1. The Morgan fingerprint density at radius 3 is 1.85 bits per heavy atom. The highest BCUT2D eigenvalue weighted by Crippen LogP contribution is 2.60. The maximum Gasteiger partial charge on any atom is 0.481 e. The van der Waals surface area contributed by atoms with Crippen LogP contribution in [0.4, 0.5) is 5.82 Å². The Morgan fingerprint density at radius 1 is 0.736 bits per heavy atom. The van der Waals surface area contributed by atoms with Crippen molar-refractivity contribution in [3.63, 3.8) is 0 Å². The van der Waals surface area contributed by atoms with Gasteiger partial charge in [0.15, 0.2) is 12.3 Å². The lowest BCUT2D eigenvalue weighted by atomic mass is 10.0. The number of anilines is 1. The standard InChI is InChI=1S/C50H91N3O17P2/c1-4-5-6-7-20-25-30-41(54)42(55)31-26-21-18-23-27-32-45(56)65-36-40(68-46(57)33-28-22-17-15-13-11-9-8-10-12-14-16-19-24-29-39(2)3)37-66-71(61,62)70-72(63,64)67-38-43-47(58)48(59)49(69-43)53-35-34-44(51)52-50(53)60/h20,25,34-35,39-43,47-49,54-55,58-59H,4-19,21-24,26-33,36-38H2,1-3H3,(H,61,62)(H,63,64)(H2,51,52,60)/b25-20-/t40-,41-,42-,43-,47-,48-,49-/m1/s1. The first-order valence-electron chi connectivity index (χ1n) is 26.7. The lowest BCUT2D eigenvalue weighted by molar-refractivity contribution is -0.161. The molecule has 1 fully saturated rings. The van der Waals surface area contributed by atoms with Crippen LogP contribution in [0.3, 0.4) is 0 Å². The van der Waals surface area contributed by atoms with Crippen LogP contribution in [0, 0.1) is 5.92 Å². The summed E-state index contributed by atoms with van der Waals surface area (Å²) in [6.45, 7) is 4.29. The summed E-state index contributed by atoms with van der Waals surface area (Å²) in [7, 11) is -10.9. The van der Waals surface area contributed by atoms with Crippen molar-refractivity contribution in [3.8, 4) is 0 Å². The average molecular weight is 1070 g/mol. The van der Waals surface area contributed by atoms with Gasteiger partial charge in [-0.15, -0.1) is 0 Å². The molecule has 2 rings (SSSR count). The monoisotopic (exact) mass is 1070 g/mol. The van der Waals surface area contributed by atoms with Crippen molar-refractivity contribution in [3.05, 3.63) is 34.9 Å². The maximum atomic E-state index is 12.9. The van der Waals surface area contributed by atoms with Gasteiger partial charge in [-0.1, -0.05) is 161 Å². The van der Waals surface area contributed by atoms with Crippen molar-refractivity contribution in [1.29, 1.82) is 0 Å². The van der Waals surface area contributed by atoms with Crippen LogP contribution in [-0.2, 0) is 46.3 Å². The Hall–Kier alpha value is -2.58. The van der Waals surface area contributed by atoms with Gasteiger partial charge in [-0.25, -0.2) is 13.9 Å². The largest absolute Gasteiger partial charge is 0.481 e. The molecule has 1 aliphatic heterocycles. The minimum Gasteiger partial charge on any atom is -0.462 e. The van der Waals surface area contributed by atoms with Crippen LogP contribution in [0.15, 0.2) is 29.2 Å². The summed E-state index contributed by atoms with van der Waals surface area (Å²) in [5, 5.41) is 41.5. The third kappa shape index (κ3) is 30.7. The highest BCUT2D eigenvalue weighted by atomic mass is 31.3. The number of unbranched alkanes of at least 4 members (excludes halogenated alkanes) is 20. The SMILES string of the molecule is CCCCC/C=C\C[C@@H](O)[C@H](O)CCCCCCCC(=O)OC[C@H](COP(=O)(O)OP(=O)(O)OC[C@H]1O[C@@H](n2ccc(N)nc2=O)[C@H](O)[C@@H]1O)OC(=O)CCCCCCCCCCCCCCCCC(C)C. The van der Waals surface area contributed by atoms with E-state index in [4.69, 9.17) is 29.0 Å². The van der Waals surface area contributed by atoms with Crippen LogP contribution in [0.2, 0.25) is 0 Å². The molecule has 72 heavy (non-hydrogen) atoms. The third-order valence-electron chi connectivity index (χ3n) is 12.5. The summed E-state index contributed by atoms with van der Waals surface area (Å²) in [5.41, 5.74) is 4.58. The van der Waals surface area contributed by atoms with Gasteiger partial charge in [0.1, 0.15) is 30.7 Å². The number of nitrogens with zero attached hydrogens (tertiary/aromatic N) is 2. The van der Waals surface area contributed by atoms with E-state index in [9.17, 15) is 53.7 Å². The zero-order chi connectivity index (χ0) is 53.2. The van der Waals surface area contributed by atoms with E-state index in [0.717, 1.165) is 80.9 Å². The van der Waals surface area contributed by atoms with Crippen molar-refractivity contribution in [2.75, 3.05) is 25.6 Å². The van der Waals surface area contributed by atoms with E-state index < -0.39 is 95.9 Å². The number of phosphoric ester groups is 2. The second-order valence-corrected chi connectivity index (χ2v) is 22.6. The first-order chi connectivity index (χ1) is 34.3. The van der Waals surface area contributed by atoms with Gasteiger partial charge in [-0.3, -0.25) is 23.2 Å². The zero-order valence-electron chi connectivity index (χ0n) is 43.4. The number of phosphoric acid groups is 2. The molecule has 0 bridgehead atoms. The van der Waals surface area contributed by atoms with E-state index in [0.29, 0.717) is 38.5 Å². The number of carbonyl (C=O) groups is 2. The van der Waals surface area contributed by atoms with Crippen LogP contribution in [0.25, 0.3) is 0 Å². The van der Waals surface area contributed by atoms with Crippen LogP contribution < -0.4 is 11.4 Å². The molecule has 2 heterocycles. The summed E-state index contributed by atoms with van der Waals surface area (Å²) in [4.78, 5) is 62.0. The van der Waals surface area contributed by atoms with Gasteiger partial charge < -0.3 is 50.2 Å². The quantitative estimate of drug-likeness (QED) is 0.0139. The van der Waals surface area contributed by atoms with Crippen molar-refractivity contribution in [2.45, 2.75) is 243 Å². The molecule has 8 N–H and O–H groups in total. The van der Waals surface area contributed by atoms with E-state index in [1.165, 1.54) is 70.3 Å². The second kappa shape index (κ2) is 38.0. The molecule has 1 aromatic heterocycles. The van der Waals surface area contributed by atoms with Crippen molar-refractivity contribution in [2.24, 2.45) is 5.92 Å². The lowest BCUT2D eigenvalue weighted by Crippen LogP contribution is -2.36. The number of aromatic nitrogens is 2.